The molecule has 1 rings (SSSR count). The fraction of sp³-hybridized carbons (Fsp3) is 0.455. The summed E-state index contributed by atoms with van der Waals surface area (Å²) in [5.41, 5.74) is 1.04. The molecule has 0 aliphatic heterocycles. The van der Waals surface area contributed by atoms with Gasteiger partial charge in [0.2, 0.25) is 0 Å². The molecule has 0 aliphatic rings. The fourth-order valence-electron chi connectivity index (χ4n) is 1.31. The minimum absolute atomic E-state index is 0.293. The average Bonchev–Trinajstić information content (AvgIpc) is 2.15. The van der Waals surface area contributed by atoms with Crippen LogP contribution in [0.25, 0.3) is 0 Å². The van der Waals surface area contributed by atoms with E-state index in [9.17, 15) is 5.11 Å². The van der Waals surface area contributed by atoms with Crippen molar-refractivity contribution < 1.29 is 9.84 Å². The Kier molecular flexibility index (Phi) is 4.23. The lowest BCUT2D eigenvalue weighted by Gasteiger charge is -2.09. The second-order valence-electron chi connectivity index (χ2n) is 3.34. The molecule has 0 bridgehead atoms. The summed E-state index contributed by atoms with van der Waals surface area (Å²) in [5.74, 6) is 0.829. The molecule has 0 saturated heterocycles. The first kappa shape index (κ1) is 11.3. The van der Waals surface area contributed by atoms with E-state index in [-0.39, 0.29) is 6.10 Å². The molecule has 3 heteroatoms. The van der Waals surface area contributed by atoms with Crippen LogP contribution in [0.3, 0.4) is 0 Å². The van der Waals surface area contributed by atoms with Crippen LogP contribution in [0.4, 0.5) is 0 Å². The van der Waals surface area contributed by atoms with Gasteiger partial charge in [-0.1, -0.05) is 11.6 Å². The molecule has 0 saturated carbocycles. The molecule has 0 heterocycles. The standard InChI is InChI=1S/C11H15ClO2/c1-8(13)3-4-9-7-10(12)5-6-11(9)14-2/h5-8,13H,3-4H2,1-2H3/t8-/m1/s1. The third kappa shape index (κ3) is 3.20. The molecule has 0 fully saturated rings. The molecule has 0 aliphatic carbocycles. The Morgan fingerprint density at radius 2 is 2.21 bits per heavy atom. The number of benzene rings is 1. The first-order valence-corrected chi connectivity index (χ1v) is 5.01. The number of rotatable bonds is 4. The molecule has 1 N–H and O–H groups in total. The van der Waals surface area contributed by atoms with Gasteiger partial charge >= 0.3 is 0 Å². The molecule has 0 unspecified atom stereocenters. The average molecular weight is 215 g/mol. The summed E-state index contributed by atoms with van der Waals surface area (Å²) in [5, 5.41) is 9.87. The molecule has 1 aromatic rings. The van der Waals surface area contributed by atoms with Crippen molar-refractivity contribution in [1.29, 1.82) is 0 Å². The highest BCUT2D eigenvalue weighted by molar-refractivity contribution is 6.30. The van der Waals surface area contributed by atoms with Crippen LogP contribution in [0.15, 0.2) is 18.2 Å². The maximum atomic E-state index is 9.17. The first-order valence-electron chi connectivity index (χ1n) is 4.64. The van der Waals surface area contributed by atoms with Gasteiger partial charge in [0.25, 0.3) is 0 Å². The van der Waals surface area contributed by atoms with Crippen molar-refractivity contribution in [3.63, 3.8) is 0 Å². The van der Waals surface area contributed by atoms with Crippen LogP contribution in [0.5, 0.6) is 5.75 Å². The molecule has 2 nitrogen and oxygen atoms in total. The topological polar surface area (TPSA) is 29.5 Å². The summed E-state index contributed by atoms with van der Waals surface area (Å²) in [6.45, 7) is 1.77. The van der Waals surface area contributed by atoms with Crippen molar-refractivity contribution >= 4 is 11.6 Å². The van der Waals surface area contributed by atoms with Crippen LogP contribution in [-0.4, -0.2) is 18.3 Å². The molecule has 78 valence electrons. The Balaban J connectivity index is 2.77. The third-order valence-electron chi connectivity index (χ3n) is 2.07. The number of aliphatic hydroxyl groups is 1. The monoisotopic (exact) mass is 214 g/mol. The van der Waals surface area contributed by atoms with Gasteiger partial charge in [-0.3, -0.25) is 0 Å². The smallest absolute Gasteiger partial charge is 0.122 e. The van der Waals surface area contributed by atoms with Crippen LogP contribution >= 0.6 is 11.6 Å². The molecule has 14 heavy (non-hydrogen) atoms. The zero-order valence-corrected chi connectivity index (χ0v) is 9.21. The number of methoxy groups -OCH3 is 1. The highest BCUT2D eigenvalue weighted by Crippen LogP contribution is 2.24. The van der Waals surface area contributed by atoms with Gasteiger partial charge in [0.1, 0.15) is 5.75 Å². The predicted octanol–water partition coefficient (Wildman–Crippen LogP) is 2.66. The van der Waals surface area contributed by atoms with Crippen molar-refractivity contribution in [2.24, 2.45) is 0 Å². The summed E-state index contributed by atoms with van der Waals surface area (Å²) >= 11 is 5.87. The van der Waals surface area contributed by atoms with Crippen molar-refractivity contribution in [3.05, 3.63) is 28.8 Å². The van der Waals surface area contributed by atoms with Crippen molar-refractivity contribution in [1.82, 2.24) is 0 Å². The van der Waals surface area contributed by atoms with E-state index in [1.807, 2.05) is 12.1 Å². The number of aliphatic hydroxyl groups excluding tert-OH is 1. The zero-order chi connectivity index (χ0) is 10.6. The summed E-state index contributed by atoms with van der Waals surface area (Å²) in [6, 6.07) is 5.52. The number of hydrogen-bond donors (Lipinski definition) is 1. The lowest BCUT2D eigenvalue weighted by atomic mass is 10.1. The molecule has 0 radical (unpaired) electrons. The Hall–Kier alpha value is -0.730. The highest BCUT2D eigenvalue weighted by atomic mass is 35.5. The maximum Gasteiger partial charge on any atom is 0.122 e. The molecule has 0 amide bonds. The second-order valence-corrected chi connectivity index (χ2v) is 3.78. The Morgan fingerprint density at radius 3 is 2.79 bits per heavy atom. The summed E-state index contributed by atoms with van der Waals surface area (Å²) in [4.78, 5) is 0. The fourth-order valence-corrected chi connectivity index (χ4v) is 1.50. The molecule has 1 aromatic carbocycles. The van der Waals surface area contributed by atoms with Crippen LogP contribution in [0.1, 0.15) is 18.9 Å². The lowest BCUT2D eigenvalue weighted by molar-refractivity contribution is 0.184. The van der Waals surface area contributed by atoms with Crippen molar-refractivity contribution in [2.45, 2.75) is 25.9 Å². The van der Waals surface area contributed by atoms with E-state index in [1.165, 1.54) is 0 Å². The molecular formula is C11H15ClO2. The predicted molar refractivity (Wildman–Crippen MR) is 58.0 cm³/mol. The van der Waals surface area contributed by atoms with Gasteiger partial charge in [-0.25, -0.2) is 0 Å². The second kappa shape index (κ2) is 5.23. The zero-order valence-electron chi connectivity index (χ0n) is 8.46. The van der Waals surface area contributed by atoms with Crippen LogP contribution in [-0.2, 0) is 6.42 Å². The van der Waals surface area contributed by atoms with E-state index < -0.39 is 0 Å². The molecule has 0 spiro atoms. The Labute approximate surface area is 89.5 Å². The van der Waals surface area contributed by atoms with Gasteiger partial charge < -0.3 is 9.84 Å². The van der Waals surface area contributed by atoms with Crippen molar-refractivity contribution in [2.75, 3.05) is 7.11 Å². The van der Waals surface area contributed by atoms with Gasteiger partial charge in [-0.2, -0.15) is 0 Å². The van der Waals surface area contributed by atoms with E-state index in [0.717, 1.165) is 24.2 Å². The van der Waals surface area contributed by atoms with Gasteiger partial charge in [0, 0.05) is 5.02 Å². The minimum atomic E-state index is -0.293. The minimum Gasteiger partial charge on any atom is -0.496 e. The van der Waals surface area contributed by atoms with Crippen molar-refractivity contribution in [3.8, 4) is 5.75 Å². The summed E-state index contributed by atoms with van der Waals surface area (Å²) in [7, 11) is 1.63. The van der Waals surface area contributed by atoms with Gasteiger partial charge in [-0.05, 0) is 43.5 Å². The van der Waals surface area contributed by atoms with Gasteiger partial charge in [0.15, 0.2) is 0 Å². The van der Waals surface area contributed by atoms with Crippen LogP contribution in [0, 0.1) is 0 Å². The number of halogens is 1. The third-order valence-corrected chi connectivity index (χ3v) is 2.31. The van der Waals surface area contributed by atoms with Gasteiger partial charge in [-0.15, -0.1) is 0 Å². The normalized spacial score (nSPS) is 12.6. The molecule has 1 atom stereocenters. The van der Waals surface area contributed by atoms with E-state index in [0.29, 0.717) is 5.02 Å². The SMILES string of the molecule is COc1ccc(Cl)cc1CC[C@@H](C)O. The number of aryl methyl sites for hydroxylation is 1. The van der Waals surface area contributed by atoms with Crippen LogP contribution < -0.4 is 4.74 Å². The van der Waals surface area contributed by atoms with E-state index >= 15 is 0 Å². The molecule has 0 aromatic heterocycles. The quantitative estimate of drug-likeness (QED) is 0.835. The summed E-state index contributed by atoms with van der Waals surface area (Å²) in [6.07, 6.45) is 1.21. The molecular weight excluding hydrogens is 200 g/mol. The maximum absolute atomic E-state index is 9.17. The van der Waals surface area contributed by atoms with E-state index in [1.54, 1.807) is 20.1 Å². The Bertz CT molecular complexity index is 297. The summed E-state index contributed by atoms with van der Waals surface area (Å²) < 4.78 is 5.19. The van der Waals surface area contributed by atoms with Crippen LogP contribution in [0.2, 0.25) is 5.02 Å². The Morgan fingerprint density at radius 1 is 1.50 bits per heavy atom. The largest absolute Gasteiger partial charge is 0.496 e. The lowest BCUT2D eigenvalue weighted by Crippen LogP contribution is -2.02. The number of ether oxygens (including phenoxy) is 1. The number of hydrogen-bond acceptors (Lipinski definition) is 2. The van der Waals surface area contributed by atoms with E-state index in [2.05, 4.69) is 0 Å². The highest BCUT2D eigenvalue weighted by Gasteiger charge is 2.05. The first-order chi connectivity index (χ1) is 6.63. The van der Waals surface area contributed by atoms with Gasteiger partial charge in [0.05, 0.1) is 13.2 Å². The van der Waals surface area contributed by atoms with E-state index in [4.69, 9.17) is 16.3 Å².